The normalized spacial score (nSPS) is 20.7. The molecule has 32 heavy (non-hydrogen) atoms. The van der Waals surface area contributed by atoms with Crippen molar-refractivity contribution in [3.8, 4) is 5.75 Å². The lowest BCUT2D eigenvalue weighted by Gasteiger charge is -2.43. The molecule has 0 radical (unpaired) electrons. The van der Waals surface area contributed by atoms with Gasteiger partial charge in [-0.05, 0) is 37.1 Å². The van der Waals surface area contributed by atoms with Gasteiger partial charge in [0, 0.05) is 35.1 Å². The van der Waals surface area contributed by atoms with Crippen molar-refractivity contribution in [2.75, 3.05) is 6.61 Å². The van der Waals surface area contributed by atoms with Gasteiger partial charge in [0.2, 0.25) is 5.56 Å². The predicted molar refractivity (Wildman–Crippen MR) is 117 cm³/mol. The van der Waals surface area contributed by atoms with E-state index in [4.69, 9.17) is 4.74 Å². The van der Waals surface area contributed by atoms with Gasteiger partial charge in [0.25, 0.3) is 0 Å². The van der Waals surface area contributed by atoms with Crippen LogP contribution >= 0.6 is 0 Å². The van der Waals surface area contributed by atoms with E-state index < -0.39 is 23.6 Å². The molecule has 4 rings (SSSR count). The Balaban J connectivity index is 1.77. The van der Waals surface area contributed by atoms with Gasteiger partial charge in [0.15, 0.2) is 5.60 Å². The van der Waals surface area contributed by atoms with Crippen molar-refractivity contribution in [1.29, 1.82) is 0 Å². The lowest BCUT2D eigenvalue weighted by molar-refractivity contribution is -0.236. The molecule has 2 N–H and O–H groups in total. The quantitative estimate of drug-likeness (QED) is 0.541. The number of H-pyrrole nitrogens is 1. The van der Waals surface area contributed by atoms with E-state index in [-0.39, 0.29) is 17.9 Å². The summed E-state index contributed by atoms with van der Waals surface area (Å²) in [7, 11) is 0. The number of halogens is 3. The first-order chi connectivity index (χ1) is 15.2. The summed E-state index contributed by atoms with van der Waals surface area (Å²) in [6, 6.07) is 14.5. The Morgan fingerprint density at radius 1 is 1.16 bits per heavy atom. The predicted octanol–water partition coefficient (Wildman–Crippen LogP) is 5.04. The van der Waals surface area contributed by atoms with Gasteiger partial charge in [-0.3, -0.25) is 9.79 Å². The number of aromatic nitrogens is 1. The molecule has 0 amide bonds. The maximum absolute atomic E-state index is 14.2. The summed E-state index contributed by atoms with van der Waals surface area (Å²) >= 11 is 0. The molecule has 168 valence electrons. The average molecular weight is 444 g/mol. The van der Waals surface area contributed by atoms with Gasteiger partial charge in [-0.2, -0.15) is 13.2 Å². The van der Waals surface area contributed by atoms with Crippen LogP contribution in [0.1, 0.15) is 31.7 Å². The van der Waals surface area contributed by atoms with Gasteiger partial charge in [0.1, 0.15) is 5.75 Å². The van der Waals surface area contributed by atoms with Gasteiger partial charge < -0.3 is 14.8 Å². The Morgan fingerprint density at radius 2 is 1.94 bits per heavy atom. The standard InChI is InChI=1S/C24H23F3N2O3/c1-2-22(12-13-32-20-9-4-3-6-17(20)22)14-23(31,24(25,26)27)15-28-18-7-5-8-19-16(18)10-11-21(30)29-19/h3-11,15,31H,2,12-14H2,1H3,(H,29,30). The Bertz CT molecular complexity index is 1220. The highest BCUT2D eigenvalue weighted by Gasteiger charge is 2.57. The molecule has 2 aromatic carbocycles. The van der Waals surface area contributed by atoms with Gasteiger partial charge in [-0.25, -0.2) is 0 Å². The Hall–Kier alpha value is -3.13. The number of nitrogens with zero attached hydrogens (tertiary/aromatic N) is 1. The van der Waals surface area contributed by atoms with Crippen LogP contribution in [0.2, 0.25) is 0 Å². The topological polar surface area (TPSA) is 74.7 Å². The summed E-state index contributed by atoms with van der Waals surface area (Å²) in [5.41, 5.74) is -3.07. The van der Waals surface area contributed by atoms with Crippen molar-refractivity contribution in [3.05, 3.63) is 70.5 Å². The highest BCUT2D eigenvalue weighted by Crippen LogP contribution is 2.49. The molecular formula is C24H23F3N2O3. The van der Waals surface area contributed by atoms with Crippen LogP contribution in [0.25, 0.3) is 10.9 Å². The van der Waals surface area contributed by atoms with E-state index >= 15 is 0 Å². The van der Waals surface area contributed by atoms with E-state index in [1.54, 1.807) is 36.4 Å². The molecule has 0 aliphatic carbocycles. The fraction of sp³-hybridized carbons (Fsp3) is 0.333. The zero-order valence-electron chi connectivity index (χ0n) is 17.4. The minimum atomic E-state index is -4.94. The molecule has 0 saturated carbocycles. The first-order valence-corrected chi connectivity index (χ1v) is 10.4. The fourth-order valence-electron chi connectivity index (χ4n) is 4.39. The summed E-state index contributed by atoms with van der Waals surface area (Å²) in [5.74, 6) is 0.542. The first-order valence-electron chi connectivity index (χ1n) is 10.4. The van der Waals surface area contributed by atoms with Crippen LogP contribution in [-0.4, -0.2) is 34.7 Å². The molecular weight excluding hydrogens is 421 g/mol. The van der Waals surface area contributed by atoms with Gasteiger partial charge in [-0.15, -0.1) is 0 Å². The minimum Gasteiger partial charge on any atom is -0.493 e. The molecule has 5 nitrogen and oxygen atoms in total. The molecule has 1 aliphatic rings. The Morgan fingerprint density at radius 3 is 2.69 bits per heavy atom. The molecule has 8 heteroatoms. The summed E-state index contributed by atoms with van der Waals surface area (Å²) in [6.45, 7) is 2.09. The number of benzene rings is 2. The molecule has 0 bridgehead atoms. The number of hydrogen-bond acceptors (Lipinski definition) is 4. The average Bonchev–Trinajstić information content (AvgIpc) is 2.77. The number of hydrogen-bond donors (Lipinski definition) is 2. The number of aliphatic imine (C=N–C) groups is 1. The van der Waals surface area contributed by atoms with Gasteiger partial charge in [0.05, 0.1) is 17.8 Å². The van der Waals surface area contributed by atoms with Gasteiger partial charge >= 0.3 is 6.18 Å². The molecule has 0 spiro atoms. The zero-order chi connectivity index (χ0) is 23.0. The first kappa shape index (κ1) is 22.1. The smallest absolute Gasteiger partial charge is 0.422 e. The molecule has 0 fully saturated rings. The Kier molecular flexibility index (Phi) is 5.58. The van der Waals surface area contributed by atoms with Crippen LogP contribution in [0.4, 0.5) is 18.9 Å². The van der Waals surface area contributed by atoms with Crippen LogP contribution < -0.4 is 10.3 Å². The molecule has 1 aromatic heterocycles. The largest absolute Gasteiger partial charge is 0.493 e. The van der Waals surface area contributed by atoms with E-state index in [9.17, 15) is 23.1 Å². The molecule has 2 unspecified atom stereocenters. The number of aliphatic hydroxyl groups is 1. The lowest BCUT2D eigenvalue weighted by atomic mass is 9.67. The summed E-state index contributed by atoms with van der Waals surface area (Å²) in [5, 5.41) is 11.4. The highest BCUT2D eigenvalue weighted by atomic mass is 19.4. The Labute approximate surface area is 182 Å². The maximum atomic E-state index is 14.2. The number of pyridine rings is 1. The fourth-order valence-corrected chi connectivity index (χ4v) is 4.39. The lowest BCUT2D eigenvalue weighted by Crippen LogP contribution is -2.52. The summed E-state index contributed by atoms with van der Waals surface area (Å²) < 4.78 is 48.2. The molecule has 3 aromatic rings. The molecule has 2 heterocycles. The van der Waals surface area contributed by atoms with E-state index in [0.717, 1.165) is 0 Å². The van der Waals surface area contributed by atoms with Crippen LogP contribution in [0.5, 0.6) is 5.75 Å². The molecule has 2 atom stereocenters. The second-order valence-corrected chi connectivity index (χ2v) is 8.15. The number of rotatable bonds is 5. The van der Waals surface area contributed by atoms with E-state index in [1.165, 1.54) is 18.2 Å². The van der Waals surface area contributed by atoms with Crippen LogP contribution in [0, 0.1) is 0 Å². The number of nitrogens with one attached hydrogen (secondary N) is 1. The summed E-state index contributed by atoms with van der Waals surface area (Å²) in [6.07, 6.45) is -4.18. The monoisotopic (exact) mass is 444 g/mol. The van der Waals surface area contributed by atoms with E-state index in [1.807, 2.05) is 6.92 Å². The van der Waals surface area contributed by atoms with Crippen LogP contribution in [-0.2, 0) is 5.41 Å². The molecule has 0 saturated heterocycles. The number of alkyl halides is 3. The number of aromatic amines is 1. The number of ether oxygens (including phenoxy) is 1. The van der Waals surface area contributed by atoms with Crippen molar-refractivity contribution in [2.45, 2.75) is 43.4 Å². The van der Waals surface area contributed by atoms with E-state index in [0.29, 0.717) is 41.3 Å². The van der Waals surface area contributed by atoms with Crippen LogP contribution in [0.15, 0.2) is 64.4 Å². The zero-order valence-corrected chi connectivity index (χ0v) is 17.4. The van der Waals surface area contributed by atoms with Crippen molar-refractivity contribution in [1.82, 2.24) is 4.98 Å². The third-order valence-corrected chi connectivity index (χ3v) is 6.23. The second-order valence-electron chi connectivity index (χ2n) is 8.15. The number of para-hydroxylation sites is 1. The minimum absolute atomic E-state index is 0.222. The maximum Gasteiger partial charge on any atom is 0.422 e. The third kappa shape index (κ3) is 3.90. The summed E-state index contributed by atoms with van der Waals surface area (Å²) in [4.78, 5) is 18.2. The highest BCUT2D eigenvalue weighted by molar-refractivity contribution is 5.91. The van der Waals surface area contributed by atoms with Crippen LogP contribution in [0.3, 0.4) is 0 Å². The van der Waals surface area contributed by atoms with Gasteiger partial charge in [-0.1, -0.05) is 31.2 Å². The molecule has 1 aliphatic heterocycles. The van der Waals surface area contributed by atoms with Crippen molar-refractivity contribution in [2.24, 2.45) is 4.99 Å². The number of fused-ring (bicyclic) bond motifs is 2. The van der Waals surface area contributed by atoms with Crippen molar-refractivity contribution < 1.29 is 23.0 Å². The van der Waals surface area contributed by atoms with E-state index in [2.05, 4.69) is 9.98 Å². The second kappa shape index (κ2) is 8.09. The van der Waals surface area contributed by atoms with Crippen molar-refractivity contribution >= 4 is 22.8 Å². The van der Waals surface area contributed by atoms with Crippen molar-refractivity contribution in [3.63, 3.8) is 0 Å². The SMILES string of the molecule is CCC1(CC(O)(C=Nc2cccc3[nH]c(=O)ccc23)C(F)(F)F)CCOc2ccccc21. The third-order valence-electron chi connectivity index (χ3n) is 6.23.